The van der Waals surface area contributed by atoms with Gasteiger partial charge in [-0.3, -0.25) is 9.59 Å². The van der Waals surface area contributed by atoms with Gasteiger partial charge in [0.05, 0.1) is 5.92 Å². The molecule has 0 bridgehead atoms. The van der Waals surface area contributed by atoms with Gasteiger partial charge in [0.15, 0.2) is 0 Å². The first-order valence-electron chi connectivity index (χ1n) is 7.78. The summed E-state index contributed by atoms with van der Waals surface area (Å²) in [7, 11) is 0. The molecule has 0 spiro atoms. The van der Waals surface area contributed by atoms with Crippen LogP contribution in [0, 0.1) is 19.8 Å². The SMILES string of the molecule is Cc1cccc(N2C[C@H](C(=O)Nc3ccccc3C)CC2=O)c1. The Morgan fingerprint density at radius 3 is 2.65 bits per heavy atom. The lowest BCUT2D eigenvalue weighted by Crippen LogP contribution is -2.28. The number of rotatable bonds is 3. The molecule has 2 aromatic rings. The molecule has 0 saturated carbocycles. The zero-order valence-corrected chi connectivity index (χ0v) is 13.4. The number of amides is 2. The van der Waals surface area contributed by atoms with Crippen LogP contribution in [0.15, 0.2) is 48.5 Å². The second-order valence-corrected chi connectivity index (χ2v) is 6.05. The fraction of sp³-hybridized carbons (Fsp3) is 0.263. The van der Waals surface area contributed by atoms with E-state index in [1.54, 1.807) is 4.90 Å². The Morgan fingerprint density at radius 2 is 1.91 bits per heavy atom. The Balaban J connectivity index is 1.72. The van der Waals surface area contributed by atoms with Crippen molar-refractivity contribution in [3.8, 4) is 0 Å². The van der Waals surface area contributed by atoms with E-state index in [-0.39, 0.29) is 24.2 Å². The second-order valence-electron chi connectivity index (χ2n) is 6.05. The maximum Gasteiger partial charge on any atom is 0.229 e. The Bertz CT molecular complexity index is 755. The summed E-state index contributed by atoms with van der Waals surface area (Å²) in [5.74, 6) is -0.411. The first-order chi connectivity index (χ1) is 11.0. The average Bonchev–Trinajstić information content (AvgIpc) is 2.92. The topological polar surface area (TPSA) is 49.4 Å². The van der Waals surface area contributed by atoms with Crippen LogP contribution in [-0.4, -0.2) is 18.4 Å². The van der Waals surface area contributed by atoms with Crippen LogP contribution in [0.3, 0.4) is 0 Å². The molecule has 2 aromatic carbocycles. The Morgan fingerprint density at radius 1 is 1.13 bits per heavy atom. The zero-order valence-electron chi connectivity index (χ0n) is 13.4. The average molecular weight is 308 g/mol. The molecule has 4 nitrogen and oxygen atoms in total. The van der Waals surface area contributed by atoms with Gasteiger partial charge in [-0.1, -0.05) is 30.3 Å². The van der Waals surface area contributed by atoms with Crippen LogP contribution in [0.5, 0.6) is 0 Å². The maximum atomic E-state index is 12.5. The molecule has 0 unspecified atom stereocenters. The third kappa shape index (κ3) is 3.26. The summed E-state index contributed by atoms with van der Waals surface area (Å²) in [4.78, 5) is 26.4. The van der Waals surface area contributed by atoms with E-state index in [0.29, 0.717) is 6.54 Å². The third-order valence-electron chi connectivity index (χ3n) is 4.21. The van der Waals surface area contributed by atoms with Gasteiger partial charge >= 0.3 is 0 Å². The van der Waals surface area contributed by atoms with E-state index < -0.39 is 0 Å². The number of nitrogens with zero attached hydrogens (tertiary/aromatic N) is 1. The number of hydrogen-bond donors (Lipinski definition) is 1. The van der Waals surface area contributed by atoms with Crippen molar-refractivity contribution in [2.24, 2.45) is 5.92 Å². The van der Waals surface area contributed by atoms with Crippen molar-refractivity contribution < 1.29 is 9.59 Å². The maximum absolute atomic E-state index is 12.5. The molecule has 0 aliphatic carbocycles. The molecule has 1 heterocycles. The predicted molar refractivity (Wildman–Crippen MR) is 91.4 cm³/mol. The van der Waals surface area contributed by atoms with Gasteiger partial charge in [0, 0.05) is 24.3 Å². The molecule has 1 fully saturated rings. The molecule has 1 atom stereocenters. The fourth-order valence-corrected chi connectivity index (χ4v) is 2.88. The molecule has 1 aliphatic heterocycles. The quantitative estimate of drug-likeness (QED) is 0.946. The highest BCUT2D eigenvalue weighted by molar-refractivity contribution is 6.03. The van der Waals surface area contributed by atoms with Crippen molar-refractivity contribution in [3.63, 3.8) is 0 Å². The highest BCUT2D eigenvalue weighted by atomic mass is 16.2. The molecular weight excluding hydrogens is 288 g/mol. The van der Waals surface area contributed by atoms with Gasteiger partial charge in [0.25, 0.3) is 0 Å². The normalized spacial score (nSPS) is 17.4. The molecule has 1 saturated heterocycles. The van der Waals surface area contributed by atoms with Crippen molar-refractivity contribution in [1.82, 2.24) is 0 Å². The third-order valence-corrected chi connectivity index (χ3v) is 4.21. The molecule has 2 amide bonds. The number of benzene rings is 2. The minimum absolute atomic E-state index is 0.000494. The highest BCUT2D eigenvalue weighted by Gasteiger charge is 2.35. The van der Waals surface area contributed by atoms with Gasteiger partial charge in [0.1, 0.15) is 0 Å². The minimum atomic E-state index is -0.317. The summed E-state index contributed by atoms with van der Waals surface area (Å²) in [6.07, 6.45) is 0.256. The van der Waals surface area contributed by atoms with Crippen LogP contribution in [0.25, 0.3) is 0 Å². The summed E-state index contributed by atoms with van der Waals surface area (Å²) >= 11 is 0. The van der Waals surface area contributed by atoms with Gasteiger partial charge in [-0.05, 0) is 43.2 Å². The van der Waals surface area contributed by atoms with Crippen molar-refractivity contribution in [2.75, 3.05) is 16.8 Å². The van der Waals surface area contributed by atoms with Crippen molar-refractivity contribution in [3.05, 3.63) is 59.7 Å². The number of para-hydroxylation sites is 1. The van der Waals surface area contributed by atoms with E-state index in [1.807, 2.05) is 62.4 Å². The molecule has 0 radical (unpaired) electrons. The van der Waals surface area contributed by atoms with Crippen molar-refractivity contribution >= 4 is 23.2 Å². The summed E-state index contributed by atoms with van der Waals surface area (Å²) in [6.45, 7) is 4.38. The summed E-state index contributed by atoms with van der Waals surface area (Å²) in [5.41, 5.74) is 3.78. The number of hydrogen-bond acceptors (Lipinski definition) is 2. The number of nitrogens with one attached hydrogen (secondary N) is 1. The second kappa shape index (κ2) is 6.24. The largest absolute Gasteiger partial charge is 0.326 e. The van der Waals surface area contributed by atoms with Gasteiger partial charge in [-0.2, -0.15) is 0 Å². The predicted octanol–water partition coefficient (Wildman–Crippen LogP) is 3.30. The molecule has 3 rings (SSSR count). The molecular formula is C19H20N2O2. The van der Waals surface area contributed by atoms with Crippen molar-refractivity contribution in [2.45, 2.75) is 20.3 Å². The number of carbonyl (C=O) groups is 2. The molecule has 23 heavy (non-hydrogen) atoms. The Labute approximate surface area is 136 Å². The number of carbonyl (C=O) groups excluding carboxylic acids is 2. The Kier molecular flexibility index (Phi) is 4.15. The molecule has 4 heteroatoms. The van der Waals surface area contributed by atoms with E-state index in [2.05, 4.69) is 5.32 Å². The van der Waals surface area contributed by atoms with E-state index in [9.17, 15) is 9.59 Å². The molecule has 0 aromatic heterocycles. The number of aryl methyl sites for hydroxylation is 2. The number of anilines is 2. The standard InChI is InChI=1S/C19H20N2O2/c1-13-6-5-8-16(10-13)21-12-15(11-18(21)22)19(23)20-17-9-4-3-7-14(17)2/h3-10,15H,11-12H2,1-2H3,(H,20,23)/t15-/m1/s1. The summed E-state index contributed by atoms with van der Waals surface area (Å²) < 4.78 is 0. The first kappa shape index (κ1) is 15.3. The van der Waals surface area contributed by atoms with E-state index >= 15 is 0 Å². The molecule has 118 valence electrons. The van der Waals surface area contributed by atoms with Crippen LogP contribution < -0.4 is 10.2 Å². The van der Waals surface area contributed by atoms with E-state index in [0.717, 1.165) is 22.5 Å². The van der Waals surface area contributed by atoms with Gasteiger partial charge in [-0.25, -0.2) is 0 Å². The first-order valence-corrected chi connectivity index (χ1v) is 7.78. The van der Waals surface area contributed by atoms with Crippen LogP contribution in [0.1, 0.15) is 17.5 Å². The van der Waals surface area contributed by atoms with Crippen LogP contribution in [0.2, 0.25) is 0 Å². The molecule has 1 N–H and O–H groups in total. The zero-order chi connectivity index (χ0) is 16.4. The summed E-state index contributed by atoms with van der Waals surface area (Å²) in [5, 5.41) is 2.94. The van der Waals surface area contributed by atoms with Crippen LogP contribution in [0.4, 0.5) is 11.4 Å². The minimum Gasteiger partial charge on any atom is -0.326 e. The lowest BCUT2D eigenvalue weighted by atomic mass is 10.1. The lowest BCUT2D eigenvalue weighted by molar-refractivity contribution is -0.122. The highest BCUT2D eigenvalue weighted by Crippen LogP contribution is 2.27. The molecule has 1 aliphatic rings. The summed E-state index contributed by atoms with van der Waals surface area (Å²) in [6, 6.07) is 15.5. The van der Waals surface area contributed by atoms with Crippen LogP contribution in [-0.2, 0) is 9.59 Å². The van der Waals surface area contributed by atoms with Gasteiger partial charge in [0.2, 0.25) is 11.8 Å². The fourth-order valence-electron chi connectivity index (χ4n) is 2.88. The lowest BCUT2D eigenvalue weighted by Gasteiger charge is -2.17. The van der Waals surface area contributed by atoms with E-state index in [1.165, 1.54) is 0 Å². The smallest absolute Gasteiger partial charge is 0.229 e. The van der Waals surface area contributed by atoms with E-state index in [4.69, 9.17) is 0 Å². The Hall–Kier alpha value is -2.62. The van der Waals surface area contributed by atoms with Gasteiger partial charge in [-0.15, -0.1) is 0 Å². The van der Waals surface area contributed by atoms with Gasteiger partial charge < -0.3 is 10.2 Å². The monoisotopic (exact) mass is 308 g/mol. The van der Waals surface area contributed by atoms with Crippen LogP contribution >= 0.6 is 0 Å². The van der Waals surface area contributed by atoms with Crippen molar-refractivity contribution in [1.29, 1.82) is 0 Å².